The van der Waals surface area contributed by atoms with E-state index < -0.39 is 0 Å². The zero-order valence-corrected chi connectivity index (χ0v) is 6.75. The highest BCUT2D eigenvalue weighted by Gasteiger charge is 2.41. The van der Waals surface area contributed by atoms with Gasteiger partial charge in [0.15, 0.2) is 0 Å². The lowest BCUT2D eigenvalue weighted by atomic mass is 9.84. The molecule has 3 atom stereocenters. The summed E-state index contributed by atoms with van der Waals surface area (Å²) >= 11 is 0. The van der Waals surface area contributed by atoms with Gasteiger partial charge in [-0.2, -0.15) is 0 Å². The van der Waals surface area contributed by atoms with Crippen LogP contribution in [-0.4, -0.2) is 18.8 Å². The van der Waals surface area contributed by atoms with Crippen molar-refractivity contribution in [2.24, 2.45) is 11.7 Å². The number of fused-ring (bicyclic) bond motifs is 2. The Bertz CT molecular complexity index is 178. The predicted octanol–water partition coefficient (Wildman–Crippen LogP) is 1.07. The smallest absolute Gasteiger partial charge is 0.0646 e. The quantitative estimate of drug-likeness (QED) is 0.602. The van der Waals surface area contributed by atoms with Gasteiger partial charge in [-0.05, 0) is 19.3 Å². The first-order valence-electron chi connectivity index (χ1n) is 4.34. The van der Waals surface area contributed by atoms with E-state index >= 15 is 0 Å². The van der Waals surface area contributed by atoms with Crippen LogP contribution in [-0.2, 0) is 4.74 Å². The van der Waals surface area contributed by atoms with Crippen molar-refractivity contribution in [3.8, 4) is 0 Å². The van der Waals surface area contributed by atoms with E-state index in [0.717, 1.165) is 0 Å². The molecule has 0 aliphatic carbocycles. The van der Waals surface area contributed by atoms with E-state index in [4.69, 9.17) is 10.5 Å². The Hall–Kier alpha value is -0.340. The largest absolute Gasteiger partial charge is 0.374 e. The summed E-state index contributed by atoms with van der Waals surface area (Å²) in [5.74, 6) is 0.568. The molecule has 2 heterocycles. The minimum absolute atomic E-state index is 0.455. The normalized spacial score (nSPS) is 41.4. The fraction of sp³-hybridized carbons (Fsp3) is 0.778. The van der Waals surface area contributed by atoms with Crippen LogP contribution in [0, 0.1) is 5.92 Å². The number of rotatable bonds is 2. The van der Waals surface area contributed by atoms with Crippen molar-refractivity contribution in [3.63, 3.8) is 0 Å². The average molecular weight is 153 g/mol. The van der Waals surface area contributed by atoms with Crippen LogP contribution in [0.4, 0.5) is 0 Å². The zero-order chi connectivity index (χ0) is 7.84. The average Bonchev–Trinajstić information content (AvgIpc) is 2.62. The van der Waals surface area contributed by atoms with Gasteiger partial charge in [0, 0.05) is 12.5 Å². The van der Waals surface area contributed by atoms with Gasteiger partial charge in [0.2, 0.25) is 0 Å². The lowest BCUT2D eigenvalue weighted by Crippen LogP contribution is -2.22. The Kier molecular flexibility index (Phi) is 1.74. The number of hydrogen-bond donors (Lipinski definition) is 1. The summed E-state index contributed by atoms with van der Waals surface area (Å²) in [6.07, 6.45) is 4.61. The van der Waals surface area contributed by atoms with Gasteiger partial charge in [-0.1, -0.05) is 12.2 Å². The lowest BCUT2D eigenvalue weighted by molar-refractivity contribution is 0.0966. The highest BCUT2D eigenvalue weighted by molar-refractivity contribution is 5.10. The molecule has 3 unspecified atom stereocenters. The minimum atomic E-state index is 0.455. The Labute approximate surface area is 67.4 Å². The lowest BCUT2D eigenvalue weighted by Gasteiger charge is -2.19. The molecule has 2 aliphatic rings. The van der Waals surface area contributed by atoms with Crippen molar-refractivity contribution in [2.45, 2.75) is 31.5 Å². The maximum Gasteiger partial charge on any atom is 0.0646 e. The maximum absolute atomic E-state index is 5.69. The second-order valence-electron chi connectivity index (χ2n) is 3.58. The Morgan fingerprint density at radius 1 is 1.55 bits per heavy atom. The van der Waals surface area contributed by atoms with E-state index in [1.807, 2.05) is 0 Å². The van der Waals surface area contributed by atoms with Crippen molar-refractivity contribution < 1.29 is 4.74 Å². The summed E-state index contributed by atoms with van der Waals surface area (Å²) in [5, 5.41) is 0. The molecule has 0 radical (unpaired) electrons. The second kappa shape index (κ2) is 2.61. The molecule has 0 spiro atoms. The van der Waals surface area contributed by atoms with Crippen LogP contribution < -0.4 is 5.73 Å². The van der Waals surface area contributed by atoms with E-state index in [1.165, 1.54) is 24.8 Å². The standard InChI is InChI=1S/C9H15NO/c1-6(5-10)8-4-7-2-3-9(8)11-7/h7-9H,1-5,10H2. The van der Waals surface area contributed by atoms with Gasteiger partial charge in [0.1, 0.15) is 0 Å². The van der Waals surface area contributed by atoms with Crippen LogP contribution in [0.5, 0.6) is 0 Å². The topological polar surface area (TPSA) is 35.2 Å². The zero-order valence-electron chi connectivity index (χ0n) is 6.75. The van der Waals surface area contributed by atoms with Crippen molar-refractivity contribution in [3.05, 3.63) is 12.2 Å². The molecular formula is C9H15NO. The summed E-state index contributed by atoms with van der Waals surface area (Å²) in [4.78, 5) is 0. The third-order valence-corrected chi connectivity index (χ3v) is 2.89. The minimum Gasteiger partial charge on any atom is -0.374 e. The predicted molar refractivity (Wildman–Crippen MR) is 44.2 cm³/mol. The molecule has 2 aliphatic heterocycles. The molecule has 0 aromatic carbocycles. The van der Waals surface area contributed by atoms with Crippen LogP contribution in [0.3, 0.4) is 0 Å². The summed E-state index contributed by atoms with van der Waals surface area (Å²) in [5.41, 5.74) is 6.71. The van der Waals surface area contributed by atoms with Gasteiger partial charge in [0.05, 0.1) is 12.2 Å². The number of hydrogen-bond acceptors (Lipinski definition) is 2. The van der Waals surface area contributed by atoms with Gasteiger partial charge >= 0.3 is 0 Å². The molecule has 2 fully saturated rings. The molecule has 2 nitrogen and oxygen atoms in total. The van der Waals surface area contributed by atoms with Gasteiger partial charge in [-0.3, -0.25) is 0 Å². The highest BCUT2D eigenvalue weighted by Crippen LogP contribution is 2.41. The fourth-order valence-corrected chi connectivity index (χ4v) is 2.22. The van der Waals surface area contributed by atoms with E-state index in [0.29, 0.717) is 24.7 Å². The molecule has 2 rings (SSSR count). The summed E-state index contributed by atoms with van der Waals surface area (Å²) in [6.45, 7) is 4.59. The molecule has 2 N–H and O–H groups in total. The van der Waals surface area contributed by atoms with E-state index in [1.54, 1.807) is 0 Å². The first-order valence-corrected chi connectivity index (χ1v) is 4.34. The van der Waals surface area contributed by atoms with E-state index in [9.17, 15) is 0 Å². The SMILES string of the molecule is C=C(CN)C1CC2CCC1O2. The maximum atomic E-state index is 5.69. The molecule has 0 saturated carbocycles. The first kappa shape index (κ1) is 7.32. The molecule has 2 saturated heterocycles. The summed E-state index contributed by atoms with van der Waals surface area (Å²) in [7, 11) is 0. The Morgan fingerprint density at radius 2 is 2.36 bits per heavy atom. The molecule has 2 heteroatoms. The summed E-state index contributed by atoms with van der Waals surface area (Å²) < 4.78 is 5.69. The Morgan fingerprint density at radius 3 is 2.82 bits per heavy atom. The van der Waals surface area contributed by atoms with Crippen molar-refractivity contribution in [2.75, 3.05) is 6.54 Å². The molecule has 2 bridgehead atoms. The van der Waals surface area contributed by atoms with E-state index in [2.05, 4.69) is 6.58 Å². The van der Waals surface area contributed by atoms with Crippen LogP contribution in [0.15, 0.2) is 12.2 Å². The molecule has 0 aromatic rings. The number of ether oxygens (including phenoxy) is 1. The van der Waals surface area contributed by atoms with Crippen molar-refractivity contribution in [1.82, 2.24) is 0 Å². The molecule has 11 heavy (non-hydrogen) atoms. The molecule has 62 valence electrons. The van der Waals surface area contributed by atoms with Gasteiger partial charge in [-0.15, -0.1) is 0 Å². The third-order valence-electron chi connectivity index (χ3n) is 2.89. The van der Waals surface area contributed by atoms with Crippen molar-refractivity contribution >= 4 is 0 Å². The van der Waals surface area contributed by atoms with Gasteiger partial charge < -0.3 is 10.5 Å². The Balaban J connectivity index is 2.02. The van der Waals surface area contributed by atoms with Gasteiger partial charge in [-0.25, -0.2) is 0 Å². The highest BCUT2D eigenvalue weighted by atomic mass is 16.5. The third kappa shape index (κ3) is 1.10. The number of nitrogens with two attached hydrogens (primary N) is 1. The summed E-state index contributed by atoms with van der Waals surface area (Å²) in [6, 6.07) is 0. The van der Waals surface area contributed by atoms with Crippen LogP contribution >= 0.6 is 0 Å². The first-order chi connectivity index (χ1) is 5.31. The van der Waals surface area contributed by atoms with Crippen molar-refractivity contribution in [1.29, 1.82) is 0 Å². The fourth-order valence-electron chi connectivity index (χ4n) is 2.22. The van der Waals surface area contributed by atoms with Crippen LogP contribution in [0.25, 0.3) is 0 Å². The van der Waals surface area contributed by atoms with Gasteiger partial charge in [0.25, 0.3) is 0 Å². The molecular weight excluding hydrogens is 138 g/mol. The molecule has 0 aromatic heterocycles. The van der Waals surface area contributed by atoms with Crippen LogP contribution in [0.2, 0.25) is 0 Å². The monoisotopic (exact) mass is 153 g/mol. The van der Waals surface area contributed by atoms with E-state index in [-0.39, 0.29) is 0 Å². The van der Waals surface area contributed by atoms with Crippen LogP contribution in [0.1, 0.15) is 19.3 Å². The molecule has 0 amide bonds. The second-order valence-corrected chi connectivity index (χ2v) is 3.58.